The fourth-order valence-corrected chi connectivity index (χ4v) is 4.27. The number of amides is 2. The molecule has 5 unspecified atom stereocenters. The van der Waals surface area contributed by atoms with E-state index in [1.54, 1.807) is 13.8 Å². The Morgan fingerprint density at radius 1 is 1.33 bits per heavy atom. The van der Waals surface area contributed by atoms with Gasteiger partial charge in [-0.1, -0.05) is 39.0 Å². The fraction of sp³-hybridized carbons (Fsp3) is 0.765. The van der Waals surface area contributed by atoms with E-state index in [1.807, 2.05) is 6.92 Å². The quantitative estimate of drug-likeness (QED) is 0.345. The molecule has 9 nitrogen and oxygen atoms in total. The summed E-state index contributed by atoms with van der Waals surface area (Å²) in [5, 5.41) is 34.5. The molecular weight excluding hydrogens is 376 g/mol. The van der Waals surface area contributed by atoms with E-state index in [0.717, 1.165) is 6.92 Å². The molecule has 1 heterocycles. The van der Waals surface area contributed by atoms with Crippen molar-refractivity contribution in [1.29, 1.82) is 0 Å². The molecule has 0 bridgehead atoms. The second-order valence-corrected chi connectivity index (χ2v) is 8.07. The van der Waals surface area contributed by atoms with Gasteiger partial charge in [-0.2, -0.15) is 0 Å². The van der Waals surface area contributed by atoms with Crippen molar-refractivity contribution in [3.63, 3.8) is 0 Å². The van der Waals surface area contributed by atoms with Crippen LogP contribution in [0.2, 0.25) is 0 Å². The second-order valence-electron chi connectivity index (χ2n) is 7.08. The van der Waals surface area contributed by atoms with Gasteiger partial charge in [0, 0.05) is 12.7 Å². The number of aliphatic hydroxyl groups excluding tert-OH is 2. The van der Waals surface area contributed by atoms with E-state index in [4.69, 9.17) is 5.11 Å². The van der Waals surface area contributed by atoms with Crippen LogP contribution >= 0.6 is 11.8 Å². The number of carboxylic acids is 1. The lowest BCUT2D eigenvalue weighted by atomic mass is 9.79. The van der Waals surface area contributed by atoms with Crippen molar-refractivity contribution >= 4 is 34.7 Å². The second kappa shape index (κ2) is 9.52. The Hall–Kier alpha value is -1.65. The van der Waals surface area contributed by atoms with Gasteiger partial charge < -0.3 is 26.0 Å². The zero-order valence-electron chi connectivity index (χ0n) is 15.9. The summed E-state index contributed by atoms with van der Waals surface area (Å²) in [6, 6.07) is -1.31. The Labute approximate surface area is 162 Å². The van der Waals surface area contributed by atoms with Gasteiger partial charge >= 0.3 is 5.97 Å². The van der Waals surface area contributed by atoms with Crippen LogP contribution in [0.15, 0.2) is 0 Å². The van der Waals surface area contributed by atoms with Crippen LogP contribution in [-0.4, -0.2) is 67.8 Å². The van der Waals surface area contributed by atoms with Gasteiger partial charge in [-0.3, -0.25) is 14.4 Å². The van der Waals surface area contributed by atoms with Crippen molar-refractivity contribution in [2.75, 3.05) is 5.75 Å². The first kappa shape index (κ1) is 23.4. The Morgan fingerprint density at radius 2 is 1.93 bits per heavy atom. The highest BCUT2D eigenvalue weighted by Crippen LogP contribution is 2.37. The summed E-state index contributed by atoms with van der Waals surface area (Å²) in [5.41, 5.74) is -1.92. The Morgan fingerprint density at radius 3 is 2.37 bits per heavy atom. The van der Waals surface area contributed by atoms with Crippen molar-refractivity contribution in [3.05, 3.63) is 0 Å². The monoisotopic (exact) mass is 404 g/mol. The summed E-state index contributed by atoms with van der Waals surface area (Å²) in [4.78, 5) is 47.6. The Bertz CT molecular complexity index is 598. The lowest BCUT2D eigenvalue weighted by molar-refractivity contribution is -0.140. The summed E-state index contributed by atoms with van der Waals surface area (Å²) in [6.45, 7) is 6.28. The minimum absolute atomic E-state index is 0.304. The first-order chi connectivity index (χ1) is 12.5. The van der Waals surface area contributed by atoms with Gasteiger partial charge in [0.25, 0.3) is 0 Å². The maximum atomic E-state index is 13.0. The minimum atomic E-state index is -1.92. The topological polar surface area (TPSA) is 153 Å². The summed E-state index contributed by atoms with van der Waals surface area (Å²) in [6.07, 6.45) is -1.84. The van der Waals surface area contributed by atoms with Crippen molar-refractivity contribution in [2.45, 2.75) is 64.3 Å². The Kier molecular flexibility index (Phi) is 8.24. The van der Waals surface area contributed by atoms with Gasteiger partial charge in [-0.05, 0) is 12.3 Å². The van der Waals surface area contributed by atoms with Crippen LogP contribution in [0.3, 0.4) is 0 Å². The standard InChI is InChI=1S/C17H28N2O7S/c1-5-6-10-13(22)17(19-14(10)23,12(21)8(2)3)16(26)27-7-11(15(24)25)18-9(4)20/h8,10-13,21-22H,5-7H2,1-4H3,(H,18,20)(H,19,23)(H,24,25). The first-order valence-electron chi connectivity index (χ1n) is 8.84. The fourth-order valence-electron chi connectivity index (χ4n) is 3.20. The third-order valence-corrected chi connectivity index (χ3v) is 5.71. The largest absolute Gasteiger partial charge is 0.480 e. The Balaban J connectivity index is 3.11. The number of nitrogens with one attached hydrogen (secondary N) is 2. The summed E-state index contributed by atoms with van der Waals surface area (Å²) in [7, 11) is 0. The number of carboxylic acid groups (broad SMARTS) is 1. The lowest BCUT2D eigenvalue weighted by Gasteiger charge is -2.37. The molecule has 154 valence electrons. The molecule has 0 aromatic rings. The number of thioether (sulfide) groups is 1. The predicted molar refractivity (Wildman–Crippen MR) is 98.8 cm³/mol. The normalized spacial score (nSPS) is 27.1. The SMILES string of the molecule is CCCC1C(=O)NC(C(=O)SCC(NC(C)=O)C(=O)O)(C(O)C(C)C)C1O. The molecular formula is C17H28N2O7S. The van der Waals surface area contributed by atoms with Crippen LogP contribution in [0.4, 0.5) is 0 Å². The van der Waals surface area contributed by atoms with E-state index < -0.39 is 58.5 Å². The van der Waals surface area contributed by atoms with Crippen LogP contribution in [0.25, 0.3) is 0 Å². The van der Waals surface area contributed by atoms with Gasteiger partial charge in [0.05, 0.1) is 18.1 Å². The highest BCUT2D eigenvalue weighted by atomic mass is 32.2. The smallest absolute Gasteiger partial charge is 0.327 e. The number of hydrogen-bond donors (Lipinski definition) is 5. The first-order valence-corrected chi connectivity index (χ1v) is 9.82. The summed E-state index contributed by atoms with van der Waals surface area (Å²) >= 11 is 0.553. The third kappa shape index (κ3) is 4.99. The zero-order valence-corrected chi connectivity index (χ0v) is 16.7. The molecule has 27 heavy (non-hydrogen) atoms. The van der Waals surface area contributed by atoms with Crippen molar-refractivity contribution in [1.82, 2.24) is 10.6 Å². The highest BCUT2D eigenvalue weighted by Gasteiger charge is 2.61. The van der Waals surface area contributed by atoms with E-state index in [2.05, 4.69) is 10.6 Å². The molecule has 0 aromatic carbocycles. The highest BCUT2D eigenvalue weighted by molar-refractivity contribution is 8.13. The van der Waals surface area contributed by atoms with Crippen molar-refractivity contribution in [3.8, 4) is 0 Å². The lowest BCUT2D eigenvalue weighted by Crippen LogP contribution is -2.64. The maximum Gasteiger partial charge on any atom is 0.327 e. The van der Waals surface area contributed by atoms with Gasteiger partial charge in [0.2, 0.25) is 16.9 Å². The summed E-state index contributed by atoms with van der Waals surface area (Å²) < 4.78 is 0. The molecule has 0 radical (unpaired) electrons. The predicted octanol–water partition coefficient (Wildman–Crippen LogP) is -0.502. The molecule has 2 amide bonds. The van der Waals surface area contributed by atoms with Crippen molar-refractivity contribution < 1.29 is 34.5 Å². The molecule has 1 rings (SSSR count). The van der Waals surface area contributed by atoms with Crippen molar-refractivity contribution in [2.24, 2.45) is 11.8 Å². The molecule has 1 saturated heterocycles. The summed E-state index contributed by atoms with van der Waals surface area (Å²) in [5.74, 6) is -3.99. The number of carbonyl (C=O) groups is 4. The van der Waals surface area contributed by atoms with Gasteiger partial charge in [0.15, 0.2) is 5.54 Å². The number of aliphatic hydroxyl groups is 2. The van der Waals surface area contributed by atoms with Gasteiger partial charge in [-0.15, -0.1) is 0 Å². The van der Waals surface area contributed by atoms with Gasteiger partial charge in [0.1, 0.15) is 6.04 Å². The number of rotatable bonds is 9. The van der Waals surface area contributed by atoms with Crippen LogP contribution in [-0.2, 0) is 19.2 Å². The molecule has 1 aliphatic rings. The zero-order chi connectivity index (χ0) is 20.9. The average Bonchev–Trinajstić information content (AvgIpc) is 2.82. The van der Waals surface area contributed by atoms with Crippen LogP contribution in [0.1, 0.15) is 40.5 Å². The van der Waals surface area contributed by atoms with Crippen LogP contribution in [0, 0.1) is 11.8 Å². The molecule has 5 N–H and O–H groups in total. The van der Waals surface area contributed by atoms with E-state index >= 15 is 0 Å². The minimum Gasteiger partial charge on any atom is -0.480 e. The number of hydrogen-bond acceptors (Lipinski definition) is 7. The van der Waals surface area contributed by atoms with Gasteiger partial charge in [-0.25, -0.2) is 4.79 Å². The molecule has 10 heteroatoms. The molecule has 0 aliphatic carbocycles. The number of carbonyl (C=O) groups excluding carboxylic acids is 3. The number of aliphatic carboxylic acids is 1. The molecule has 0 aromatic heterocycles. The average molecular weight is 404 g/mol. The van der Waals surface area contributed by atoms with E-state index in [-0.39, 0.29) is 5.75 Å². The van der Waals surface area contributed by atoms with E-state index in [0.29, 0.717) is 24.6 Å². The molecule has 1 aliphatic heterocycles. The maximum absolute atomic E-state index is 13.0. The van der Waals surface area contributed by atoms with Crippen LogP contribution < -0.4 is 10.6 Å². The third-order valence-electron chi connectivity index (χ3n) is 4.61. The molecule has 0 saturated carbocycles. The van der Waals surface area contributed by atoms with E-state index in [9.17, 15) is 29.4 Å². The molecule has 5 atom stereocenters. The van der Waals surface area contributed by atoms with E-state index in [1.165, 1.54) is 0 Å². The van der Waals surface area contributed by atoms with Crippen LogP contribution in [0.5, 0.6) is 0 Å². The molecule has 0 spiro atoms. The molecule has 1 fully saturated rings.